The highest BCUT2D eigenvalue weighted by Gasteiger charge is 2.19. The van der Waals surface area contributed by atoms with Gasteiger partial charge >= 0.3 is 0 Å². The fraction of sp³-hybridized carbons (Fsp3) is 0.300. The van der Waals surface area contributed by atoms with Crippen molar-refractivity contribution >= 4 is 21.4 Å². The van der Waals surface area contributed by atoms with Gasteiger partial charge in [-0.15, -0.1) is 11.3 Å². The van der Waals surface area contributed by atoms with E-state index in [1.165, 1.54) is 15.8 Å². The molecule has 0 radical (unpaired) electrons. The van der Waals surface area contributed by atoms with Crippen LogP contribution >= 0.6 is 11.3 Å². The minimum absolute atomic E-state index is 0.508. The Kier molecular flexibility index (Phi) is 1.97. The molecule has 2 N–H and O–H groups in total. The molecule has 3 rings (SSSR count). The fourth-order valence-electron chi connectivity index (χ4n) is 1.90. The summed E-state index contributed by atoms with van der Waals surface area (Å²) in [6, 6.07) is 4.25. The number of nitrogens with zero attached hydrogens (tertiary/aromatic N) is 1. The van der Waals surface area contributed by atoms with E-state index >= 15 is 0 Å². The lowest BCUT2D eigenvalue weighted by molar-refractivity contribution is 0.689. The Labute approximate surface area is 86.1 Å². The van der Waals surface area contributed by atoms with Crippen molar-refractivity contribution in [3.8, 4) is 0 Å². The van der Waals surface area contributed by atoms with Crippen LogP contribution in [0.2, 0.25) is 0 Å². The van der Waals surface area contributed by atoms with Gasteiger partial charge in [-0.3, -0.25) is 15.8 Å². The maximum Gasteiger partial charge on any atom is 0.0547 e. The van der Waals surface area contributed by atoms with E-state index in [9.17, 15) is 0 Å². The normalized spacial score (nSPS) is 18.0. The summed E-state index contributed by atoms with van der Waals surface area (Å²) in [6.45, 7) is 1.95. The van der Waals surface area contributed by atoms with E-state index in [-0.39, 0.29) is 0 Å². The summed E-state index contributed by atoms with van der Waals surface area (Å²) in [5.41, 5.74) is 7.51. The van der Waals surface area contributed by atoms with E-state index in [2.05, 4.69) is 33.3 Å². The average molecular weight is 205 g/mol. The molecule has 0 bridgehead atoms. The van der Waals surface area contributed by atoms with Crippen LogP contribution in [0.5, 0.6) is 0 Å². The Morgan fingerprint density at radius 3 is 3.00 bits per heavy atom. The van der Waals surface area contributed by atoms with Gasteiger partial charge in [0.25, 0.3) is 0 Å². The Hall–Kier alpha value is -0.970. The van der Waals surface area contributed by atoms with Gasteiger partial charge in [-0.1, -0.05) is 0 Å². The van der Waals surface area contributed by atoms with Gasteiger partial charge < -0.3 is 0 Å². The van der Waals surface area contributed by atoms with Crippen molar-refractivity contribution in [3.05, 3.63) is 29.4 Å². The summed E-state index contributed by atoms with van der Waals surface area (Å²) >= 11 is 1.78. The first-order valence-corrected chi connectivity index (χ1v) is 5.61. The van der Waals surface area contributed by atoms with Crippen molar-refractivity contribution in [2.45, 2.75) is 5.92 Å². The number of rotatable bonds is 1. The highest BCUT2D eigenvalue weighted by atomic mass is 32.1. The molecule has 0 atom stereocenters. The van der Waals surface area contributed by atoms with E-state index in [1.54, 1.807) is 11.3 Å². The van der Waals surface area contributed by atoms with Crippen LogP contribution in [0.3, 0.4) is 0 Å². The predicted octanol–water partition coefficient (Wildman–Crippen LogP) is 1.49. The maximum atomic E-state index is 4.49. The number of fused-ring (bicyclic) bond motifs is 1. The van der Waals surface area contributed by atoms with Crippen LogP contribution in [-0.4, -0.2) is 18.1 Å². The molecule has 0 saturated carbocycles. The molecule has 2 aromatic heterocycles. The first-order chi connectivity index (χ1) is 6.95. The molecule has 3 heterocycles. The zero-order valence-electron chi connectivity index (χ0n) is 7.66. The topological polar surface area (TPSA) is 37.0 Å². The fourth-order valence-corrected chi connectivity index (χ4v) is 2.69. The molecule has 1 aliphatic heterocycles. The third-order valence-corrected chi connectivity index (χ3v) is 3.50. The molecule has 1 fully saturated rings. The molecule has 0 amide bonds. The Morgan fingerprint density at radius 2 is 2.14 bits per heavy atom. The number of hydrazine groups is 1. The molecule has 3 nitrogen and oxygen atoms in total. The summed E-state index contributed by atoms with van der Waals surface area (Å²) < 4.78 is 1.34. The lowest BCUT2D eigenvalue weighted by Crippen LogP contribution is -2.21. The zero-order valence-corrected chi connectivity index (χ0v) is 8.47. The summed E-state index contributed by atoms with van der Waals surface area (Å²) in [6.07, 6.45) is 1.91. The van der Waals surface area contributed by atoms with E-state index in [0.717, 1.165) is 13.1 Å². The lowest BCUT2D eigenvalue weighted by atomic mass is 10.0. The van der Waals surface area contributed by atoms with Crippen LogP contribution in [-0.2, 0) is 0 Å². The first-order valence-electron chi connectivity index (χ1n) is 4.73. The monoisotopic (exact) mass is 205 g/mol. The van der Waals surface area contributed by atoms with Gasteiger partial charge in [0.05, 0.1) is 5.69 Å². The number of thiophene rings is 1. The van der Waals surface area contributed by atoms with Crippen molar-refractivity contribution in [1.82, 2.24) is 15.8 Å². The predicted molar refractivity (Wildman–Crippen MR) is 58.4 cm³/mol. The standard InChI is InChI=1S/C10H11N3S/c1-3-11-10(7-5-12-13-6-7)8-2-4-14-9(1)8/h1-4,7,12-13H,5-6H2. The van der Waals surface area contributed by atoms with E-state index in [0.29, 0.717) is 5.92 Å². The molecule has 2 aromatic rings. The van der Waals surface area contributed by atoms with E-state index in [1.807, 2.05) is 6.20 Å². The Bertz CT molecular complexity index is 445. The maximum absolute atomic E-state index is 4.49. The number of aromatic nitrogens is 1. The SMILES string of the molecule is c1cc2sccc2c(C2CNNC2)n1. The lowest BCUT2D eigenvalue weighted by Gasteiger charge is -2.07. The van der Waals surface area contributed by atoms with Crippen LogP contribution in [0.15, 0.2) is 23.7 Å². The van der Waals surface area contributed by atoms with E-state index < -0.39 is 0 Å². The largest absolute Gasteiger partial charge is 0.260 e. The van der Waals surface area contributed by atoms with Crippen molar-refractivity contribution in [2.24, 2.45) is 0 Å². The van der Waals surface area contributed by atoms with Gasteiger partial charge in [-0.2, -0.15) is 0 Å². The smallest absolute Gasteiger partial charge is 0.0547 e. The minimum Gasteiger partial charge on any atom is -0.260 e. The molecule has 1 saturated heterocycles. The number of hydrogen-bond donors (Lipinski definition) is 2. The molecular formula is C10H11N3S. The van der Waals surface area contributed by atoms with Crippen LogP contribution in [0.25, 0.3) is 10.1 Å². The van der Waals surface area contributed by atoms with Crippen molar-refractivity contribution in [1.29, 1.82) is 0 Å². The summed E-state index contributed by atoms with van der Waals surface area (Å²) in [5.74, 6) is 0.508. The number of nitrogens with one attached hydrogen (secondary N) is 2. The van der Waals surface area contributed by atoms with Crippen molar-refractivity contribution in [2.75, 3.05) is 13.1 Å². The number of hydrogen-bond acceptors (Lipinski definition) is 4. The van der Waals surface area contributed by atoms with Gasteiger partial charge in [0.15, 0.2) is 0 Å². The van der Waals surface area contributed by atoms with Gasteiger partial charge in [-0.25, -0.2) is 0 Å². The van der Waals surface area contributed by atoms with Gasteiger partial charge in [0.1, 0.15) is 0 Å². The molecular weight excluding hydrogens is 194 g/mol. The van der Waals surface area contributed by atoms with Gasteiger partial charge in [-0.05, 0) is 17.5 Å². The highest BCUT2D eigenvalue weighted by molar-refractivity contribution is 7.17. The summed E-state index contributed by atoms with van der Waals surface area (Å²) in [7, 11) is 0. The summed E-state index contributed by atoms with van der Waals surface area (Å²) in [5, 5.41) is 3.44. The van der Waals surface area contributed by atoms with Crippen LogP contribution in [0.1, 0.15) is 11.6 Å². The Balaban J connectivity index is 2.14. The Morgan fingerprint density at radius 1 is 1.29 bits per heavy atom. The molecule has 0 unspecified atom stereocenters. The molecule has 14 heavy (non-hydrogen) atoms. The number of pyridine rings is 1. The zero-order chi connectivity index (χ0) is 9.38. The second-order valence-electron chi connectivity index (χ2n) is 3.49. The van der Waals surface area contributed by atoms with Gasteiger partial charge in [0.2, 0.25) is 0 Å². The molecule has 0 aliphatic carbocycles. The first kappa shape index (κ1) is 8.35. The molecule has 0 aromatic carbocycles. The molecule has 1 aliphatic rings. The summed E-state index contributed by atoms with van der Waals surface area (Å²) in [4.78, 5) is 4.49. The molecule has 0 spiro atoms. The van der Waals surface area contributed by atoms with E-state index in [4.69, 9.17) is 0 Å². The van der Waals surface area contributed by atoms with Crippen LogP contribution in [0.4, 0.5) is 0 Å². The second-order valence-corrected chi connectivity index (χ2v) is 4.44. The van der Waals surface area contributed by atoms with Crippen LogP contribution < -0.4 is 10.9 Å². The van der Waals surface area contributed by atoms with Crippen molar-refractivity contribution in [3.63, 3.8) is 0 Å². The second kappa shape index (κ2) is 3.31. The average Bonchev–Trinajstić information content (AvgIpc) is 2.88. The quantitative estimate of drug-likeness (QED) is 0.740. The van der Waals surface area contributed by atoms with Crippen LogP contribution in [0, 0.1) is 0 Å². The third kappa shape index (κ3) is 1.23. The molecule has 72 valence electrons. The third-order valence-electron chi connectivity index (χ3n) is 2.62. The highest BCUT2D eigenvalue weighted by Crippen LogP contribution is 2.27. The minimum atomic E-state index is 0.508. The van der Waals surface area contributed by atoms with Crippen molar-refractivity contribution < 1.29 is 0 Å². The van der Waals surface area contributed by atoms with Gasteiger partial charge in [0, 0.05) is 35.3 Å². The molecule has 4 heteroatoms.